The maximum atomic E-state index is 15.0. The van der Waals surface area contributed by atoms with Crippen LogP contribution in [-0.4, -0.2) is 55.8 Å². The third-order valence-corrected chi connectivity index (χ3v) is 5.86. The molecule has 0 bridgehead atoms. The van der Waals surface area contributed by atoms with E-state index in [1.54, 1.807) is 11.9 Å². The van der Waals surface area contributed by atoms with Crippen molar-refractivity contribution in [2.75, 3.05) is 34.3 Å². The van der Waals surface area contributed by atoms with Crippen molar-refractivity contribution in [3.05, 3.63) is 63.9 Å². The number of carbonyl (C=O) groups is 1. The van der Waals surface area contributed by atoms with Gasteiger partial charge in [0.2, 0.25) is 0 Å². The molecule has 1 atom stereocenters. The molecular formula is C27H38BrFN2O3. The van der Waals surface area contributed by atoms with Crippen LogP contribution < -0.4 is 4.74 Å². The number of rotatable bonds is 11. The quantitative estimate of drug-likeness (QED) is 0.288. The molecule has 0 fully saturated rings. The van der Waals surface area contributed by atoms with Gasteiger partial charge in [-0.15, -0.1) is 0 Å². The highest BCUT2D eigenvalue weighted by Crippen LogP contribution is 2.31. The molecule has 0 saturated carbocycles. The predicted octanol–water partition coefficient (Wildman–Crippen LogP) is 7.05. The van der Waals surface area contributed by atoms with Crippen LogP contribution in [0.5, 0.6) is 5.75 Å². The number of carbonyl (C=O) groups excluding carboxylic acids is 1. The SMILES string of the molecule is CN(CCCCCCOc1ccc(C(c2ccc(Br)cc2)N(C)C)c(F)c1)C(=O)OC(C)(C)C. The van der Waals surface area contributed by atoms with Gasteiger partial charge in [-0.1, -0.05) is 47.0 Å². The molecule has 1 amide bonds. The van der Waals surface area contributed by atoms with Crippen LogP contribution in [0.4, 0.5) is 9.18 Å². The van der Waals surface area contributed by atoms with Crippen LogP contribution in [-0.2, 0) is 4.74 Å². The smallest absolute Gasteiger partial charge is 0.410 e. The highest BCUT2D eigenvalue weighted by atomic mass is 79.9. The Balaban J connectivity index is 1.77. The van der Waals surface area contributed by atoms with Gasteiger partial charge in [-0.2, -0.15) is 0 Å². The van der Waals surface area contributed by atoms with Crippen LogP contribution in [0.25, 0.3) is 0 Å². The van der Waals surface area contributed by atoms with Crippen molar-refractivity contribution >= 4 is 22.0 Å². The zero-order valence-corrected chi connectivity index (χ0v) is 22.8. The number of unbranched alkanes of at least 4 members (excludes halogenated alkanes) is 3. The van der Waals surface area contributed by atoms with Crippen molar-refractivity contribution in [1.82, 2.24) is 9.80 Å². The molecule has 0 heterocycles. The van der Waals surface area contributed by atoms with Crippen LogP contribution in [0.1, 0.15) is 63.6 Å². The molecule has 0 aromatic heterocycles. The molecule has 2 aromatic carbocycles. The highest BCUT2D eigenvalue weighted by molar-refractivity contribution is 9.10. The van der Waals surface area contributed by atoms with Gasteiger partial charge >= 0.3 is 6.09 Å². The molecule has 0 aliphatic heterocycles. The van der Waals surface area contributed by atoms with Crippen molar-refractivity contribution in [2.45, 2.75) is 58.1 Å². The fourth-order valence-electron chi connectivity index (χ4n) is 3.65. The summed E-state index contributed by atoms with van der Waals surface area (Å²) in [4.78, 5) is 15.6. The lowest BCUT2D eigenvalue weighted by Crippen LogP contribution is -2.34. The van der Waals surface area contributed by atoms with Gasteiger partial charge in [0.05, 0.1) is 12.6 Å². The van der Waals surface area contributed by atoms with Gasteiger partial charge in [-0.05, 0) is 71.5 Å². The maximum Gasteiger partial charge on any atom is 0.410 e. The van der Waals surface area contributed by atoms with Gasteiger partial charge in [-0.3, -0.25) is 4.90 Å². The second kappa shape index (κ2) is 13.1. The number of hydrogen-bond donors (Lipinski definition) is 0. The van der Waals surface area contributed by atoms with Crippen molar-refractivity contribution in [3.8, 4) is 5.75 Å². The van der Waals surface area contributed by atoms with Crippen molar-refractivity contribution in [2.24, 2.45) is 0 Å². The van der Waals surface area contributed by atoms with Crippen LogP contribution in [0.15, 0.2) is 46.9 Å². The Kier molecular flexibility index (Phi) is 10.8. The van der Waals surface area contributed by atoms with E-state index in [0.29, 0.717) is 24.5 Å². The van der Waals surface area contributed by atoms with E-state index in [0.717, 1.165) is 35.7 Å². The first kappa shape index (κ1) is 28.1. The summed E-state index contributed by atoms with van der Waals surface area (Å²) < 4.78 is 27.1. The number of hydrogen-bond acceptors (Lipinski definition) is 4. The van der Waals surface area contributed by atoms with E-state index < -0.39 is 5.60 Å². The summed E-state index contributed by atoms with van der Waals surface area (Å²) in [5.41, 5.74) is 1.17. The molecule has 0 N–H and O–H groups in total. The molecule has 0 saturated heterocycles. The Bertz CT molecular complexity index is 913. The predicted molar refractivity (Wildman–Crippen MR) is 139 cm³/mol. The fraction of sp³-hybridized carbons (Fsp3) is 0.519. The van der Waals surface area contributed by atoms with Gasteiger partial charge < -0.3 is 14.4 Å². The van der Waals surface area contributed by atoms with Crippen molar-refractivity contribution in [1.29, 1.82) is 0 Å². The molecule has 0 radical (unpaired) electrons. The number of nitrogens with zero attached hydrogens (tertiary/aromatic N) is 2. The normalized spacial score (nSPS) is 12.5. The van der Waals surface area contributed by atoms with Crippen molar-refractivity contribution in [3.63, 3.8) is 0 Å². The molecule has 34 heavy (non-hydrogen) atoms. The second-order valence-electron chi connectivity index (χ2n) is 9.77. The summed E-state index contributed by atoms with van der Waals surface area (Å²) in [5, 5.41) is 0. The number of halogens is 2. The van der Waals surface area contributed by atoms with Crippen LogP contribution in [0, 0.1) is 5.82 Å². The molecule has 0 aliphatic rings. The van der Waals surface area contributed by atoms with Gasteiger partial charge in [0.15, 0.2) is 0 Å². The minimum atomic E-state index is -0.479. The van der Waals surface area contributed by atoms with E-state index >= 15 is 0 Å². The number of benzene rings is 2. The van der Waals surface area contributed by atoms with E-state index in [1.165, 1.54) is 6.07 Å². The largest absolute Gasteiger partial charge is 0.493 e. The van der Waals surface area contributed by atoms with Crippen LogP contribution in [0.2, 0.25) is 0 Å². The summed E-state index contributed by atoms with van der Waals surface area (Å²) in [6.45, 7) is 6.78. The lowest BCUT2D eigenvalue weighted by atomic mass is 9.97. The Labute approximate surface area is 212 Å². The minimum Gasteiger partial charge on any atom is -0.493 e. The monoisotopic (exact) mass is 536 g/mol. The van der Waals surface area contributed by atoms with Crippen molar-refractivity contribution < 1.29 is 18.7 Å². The Morgan fingerprint density at radius 3 is 2.24 bits per heavy atom. The molecule has 7 heteroatoms. The Hall–Kier alpha value is -2.12. The number of amides is 1. The molecule has 0 aliphatic carbocycles. The molecular weight excluding hydrogens is 499 g/mol. The zero-order valence-electron chi connectivity index (χ0n) is 21.2. The van der Waals surface area contributed by atoms with Gasteiger partial charge in [-0.25, -0.2) is 9.18 Å². The van der Waals surface area contributed by atoms with Gasteiger partial charge in [0.1, 0.15) is 17.2 Å². The molecule has 1 unspecified atom stereocenters. The lowest BCUT2D eigenvalue weighted by molar-refractivity contribution is 0.0296. The molecule has 2 rings (SSSR count). The first-order valence-electron chi connectivity index (χ1n) is 11.8. The van der Waals surface area contributed by atoms with Gasteiger partial charge in [0, 0.05) is 29.7 Å². The van der Waals surface area contributed by atoms with E-state index in [4.69, 9.17) is 9.47 Å². The Morgan fingerprint density at radius 2 is 1.65 bits per heavy atom. The first-order chi connectivity index (χ1) is 16.0. The summed E-state index contributed by atoms with van der Waals surface area (Å²) >= 11 is 3.45. The maximum absolute atomic E-state index is 15.0. The lowest BCUT2D eigenvalue weighted by Gasteiger charge is -2.26. The average molecular weight is 538 g/mol. The standard InChI is InChI=1S/C27H38BrFN2O3/c1-27(2,3)34-26(32)31(6)17-9-7-8-10-18-33-22-15-16-23(24(29)19-22)25(30(4)5)20-11-13-21(28)14-12-20/h11-16,19,25H,7-10,17-18H2,1-6H3. The third-order valence-electron chi connectivity index (χ3n) is 5.33. The van der Waals surface area contributed by atoms with E-state index in [2.05, 4.69) is 15.9 Å². The molecule has 5 nitrogen and oxygen atoms in total. The average Bonchev–Trinajstić information content (AvgIpc) is 2.74. The van der Waals surface area contributed by atoms with E-state index in [1.807, 2.05) is 76.2 Å². The van der Waals surface area contributed by atoms with E-state index in [9.17, 15) is 9.18 Å². The van der Waals surface area contributed by atoms with E-state index in [-0.39, 0.29) is 18.0 Å². The summed E-state index contributed by atoms with van der Waals surface area (Å²) in [6.07, 6.45) is 3.45. The molecule has 188 valence electrons. The topological polar surface area (TPSA) is 42.0 Å². The third kappa shape index (κ3) is 9.26. The summed E-state index contributed by atoms with van der Waals surface area (Å²) in [6, 6.07) is 12.9. The Morgan fingerprint density at radius 1 is 1.00 bits per heavy atom. The molecule has 2 aromatic rings. The minimum absolute atomic E-state index is 0.180. The fourth-order valence-corrected chi connectivity index (χ4v) is 3.91. The molecule has 0 spiro atoms. The van der Waals surface area contributed by atoms with Gasteiger partial charge in [0.25, 0.3) is 0 Å². The second-order valence-corrected chi connectivity index (χ2v) is 10.7. The summed E-state index contributed by atoms with van der Waals surface area (Å²) in [7, 11) is 5.65. The first-order valence-corrected chi connectivity index (χ1v) is 12.6. The van der Waals surface area contributed by atoms with Crippen LogP contribution >= 0.6 is 15.9 Å². The number of ether oxygens (including phenoxy) is 2. The van der Waals surface area contributed by atoms with Crippen LogP contribution in [0.3, 0.4) is 0 Å². The zero-order chi connectivity index (χ0) is 25.3. The highest BCUT2D eigenvalue weighted by Gasteiger charge is 2.21. The summed E-state index contributed by atoms with van der Waals surface area (Å²) in [5.74, 6) is 0.267.